The van der Waals surface area contributed by atoms with E-state index in [-0.39, 0.29) is 5.75 Å². The lowest BCUT2D eigenvalue weighted by Crippen LogP contribution is -2.18. The molecule has 1 N–H and O–H groups in total. The van der Waals surface area contributed by atoms with Crippen molar-refractivity contribution in [2.45, 2.75) is 25.7 Å². The van der Waals surface area contributed by atoms with Gasteiger partial charge in [0.15, 0.2) is 0 Å². The summed E-state index contributed by atoms with van der Waals surface area (Å²) in [7, 11) is 0. The van der Waals surface area contributed by atoms with Crippen LogP contribution < -0.4 is 15.0 Å². The maximum absolute atomic E-state index is 12.3. The first kappa shape index (κ1) is 20.0. The molecule has 8 heteroatoms. The van der Waals surface area contributed by atoms with E-state index in [4.69, 9.17) is 0 Å². The predicted molar refractivity (Wildman–Crippen MR) is 109 cm³/mol. The summed E-state index contributed by atoms with van der Waals surface area (Å²) in [6, 6.07) is 12.0. The molecular formula is C22H21F3N4O. The van der Waals surface area contributed by atoms with Crippen molar-refractivity contribution in [2.24, 2.45) is 0 Å². The Kier molecular flexibility index (Phi) is 5.74. The highest BCUT2D eigenvalue weighted by atomic mass is 19.4. The molecule has 0 atom stereocenters. The molecule has 0 unspecified atom stereocenters. The van der Waals surface area contributed by atoms with Crippen molar-refractivity contribution in [2.75, 3.05) is 23.3 Å². The highest BCUT2D eigenvalue weighted by Gasteiger charge is 2.30. The van der Waals surface area contributed by atoms with Gasteiger partial charge >= 0.3 is 6.36 Å². The van der Waals surface area contributed by atoms with Crippen LogP contribution in [0.25, 0.3) is 11.1 Å². The summed E-state index contributed by atoms with van der Waals surface area (Å²) in [6.07, 6.45) is 2.79. The van der Waals surface area contributed by atoms with Crippen LogP contribution in [0.3, 0.4) is 0 Å². The molecule has 4 rings (SSSR count). The van der Waals surface area contributed by atoms with E-state index < -0.39 is 6.36 Å². The summed E-state index contributed by atoms with van der Waals surface area (Å²) in [5, 5.41) is 3.24. The zero-order valence-corrected chi connectivity index (χ0v) is 16.2. The Morgan fingerprint density at radius 3 is 2.33 bits per heavy atom. The van der Waals surface area contributed by atoms with E-state index in [9.17, 15) is 13.2 Å². The van der Waals surface area contributed by atoms with Crippen molar-refractivity contribution in [1.29, 1.82) is 0 Å². The van der Waals surface area contributed by atoms with Gasteiger partial charge in [-0.2, -0.15) is 0 Å². The second-order valence-corrected chi connectivity index (χ2v) is 7.10. The van der Waals surface area contributed by atoms with Crippen LogP contribution in [0.2, 0.25) is 0 Å². The number of hydrogen-bond acceptors (Lipinski definition) is 5. The van der Waals surface area contributed by atoms with Gasteiger partial charge in [-0.1, -0.05) is 6.07 Å². The fourth-order valence-electron chi connectivity index (χ4n) is 3.57. The predicted octanol–water partition coefficient (Wildman–Crippen LogP) is 5.25. The normalized spacial score (nSPS) is 14.0. The van der Waals surface area contributed by atoms with Crippen LogP contribution in [-0.4, -0.2) is 29.4 Å². The van der Waals surface area contributed by atoms with Crippen LogP contribution in [0.15, 0.2) is 61.2 Å². The molecule has 1 aliphatic rings. The maximum atomic E-state index is 12.3. The molecule has 0 aliphatic carbocycles. The third-order valence-electron chi connectivity index (χ3n) is 4.96. The van der Waals surface area contributed by atoms with Crippen LogP contribution in [0, 0.1) is 0 Å². The summed E-state index contributed by atoms with van der Waals surface area (Å²) in [5.74, 6) is -0.241. The van der Waals surface area contributed by atoms with Gasteiger partial charge in [-0.15, -0.1) is 13.2 Å². The first-order valence-electron chi connectivity index (χ1n) is 9.71. The third kappa shape index (κ3) is 5.00. The average Bonchev–Trinajstić information content (AvgIpc) is 3.27. The van der Waals surface area contributed by atoms with E-state index in [1.165, 1.54) is 37.0 Å². The van der Waals surface area contributed by atoms with Crippen molar-refractivity contribution in [3.8, 4) is 16.9 Å². The molecule has 0 saturated carbocycles. The van der Waals surface area contributed by atoms with E-state index in [0.717, 1.165) is 29.8 Å². The van der Waals surface area contributed by atoms with Gasteiger partial charge in [-0.05, 0) is 54.8 Å². The molecule has 0 amide bonds. The topological polar surface area (TPSA) is 50.3 Å². The maximum Gasteiger partial charge on any atom is 0.573 e. The molecule has 0 radical (unpaired) electrons. The average molecular weight is 414 g/mol. The van der Waals surface area contributed by atoms with Crippen molar-refractivity contribution in [3.05, 3.63) is 66.7 Å². The quantitative estimate of drug-likeness (QED) is 0.597. The first-order chi connectivity index (χ1) is 14.5. The fourth-order valence-corrected chi connectivity index (χ4v) is 3.57. The van der Waals surface area contributed by atoms with Crippen molar-refractivity contribution in [3.63, 3.8) is 0 Å². The number of benzene rings is 2. The monoisotopic (exact) mass is 414 g/mol. The lowest BCUT2D eigenvalue weighted by atomic mass is 10.0. The van der Waals surface area contributed by atoms with Crippen molar-refractivity contribution >= 4 is 11.4 Å². The largest absolute Gasteiger partial charge is 0.573 e. The van der Waals surface area contributed by atoms with Gasteiger partial charge < -0.3 is 15.0 Å². The molecule has 2 heterocycles. The third-order valence-corrected chi connectivity index (χ3v) is 4.96. The highest BCUT2D eigenvalue weighted by Crippen LogP contribution is 2.33. The summed E-state index contributed by atoms with van der Waals surface area (Å²) in [4.78, 5) is 10.7. The summed E-state index contributed by atoms with van der Waals surface area (Å²) in [5.41, 5.74) is 4.95. The van der Waals surface area contributed by atoms with Gasteiger partial charge in [-0.25, -0.2) is 9.97 Å². The minimum Gasteiger partial charge on any atom is -0.406 e. The van der Waals surface area contributed by atoms with Gasteiger partial charge in [0.1, 0.15) is 12.1 Å². The Morgan fingerprint density at radius 1 is 0.967 bits per heavy atom. The number of rotatable bonds is 6. The number of nitrogens with zero attached hydrogens (tertiary/aromatic N) is 3. The summed E-state index contributed by atoms with van der Waals surface area (Å²) in [6.45, 7) is 2.59. The van der Waals surface area contributed by atoms with Crippen molar-refractivity contribution < 1.29 is 17.9 Å². The number of aromatic nitrogens is 2. The van der Waals surface area contributed by atoms with Crippen LogP contribution >= 0.6 is 0 Å². The fraction of sp³-hybridized carbons (Fsp3) is 0.273. The van der Waals surface area contributed by atoms with Crippen LogP contribution in [0.1, 0.15) is 18.4 Å². The SMILES string of the molecule is FC(F)(F)Oc1ccc(NCc2ccc(N3CCCC3)c(-c3cncnc3)c2)cc1. The molecule has 1 aliphatic heterocycles. The van der Waals surface area contributed by atoms with E-state index in [1.54, 1.807) is 24.5 Å². The van der Waals surface area contributed by atoms with Gasteiger partial charge in [0, 0.05) is 54.5 Å². The molecule has 1 saturated heterocycles. The molecule has 0 spiro atoms. The zero-order chi connectivity index (χ0) is 21.0. The molecule has 3 aromatic rings. The number of anilines is 2. The second-order valence-electron chi connectivity index (χ2n) is 7.10. The van der Waals surface area contributed by atoms with E-state index in [0.29, 0.717) is 12.2 Å². The summed E-state index contributed by atoms with van der Waals surface area (Å²) >= 11 is 0. The molecule has 30 heavy (non-hydrogen) atoms. The van der Waals surface area contributed by atoms with Gasteiger partial charge in [0.2, 0.25) is 0 Å². The number of nitrogens with one attached hydrogen (secondary N) is 1. The molecule has 5 nitrogen and oxygen atoms in total. The van der Waals surface area contributed by atoms with Crippen LogP contribution in [0.4, 0.5) is 24.5 Å². The number of ether oxygens (including phenoxy) is 1. The van der Waals surface area contributed by atoms with E-state index in [2.05, 4.69) is 43.1 Å². The van der Waals surface area contributed by atoms with Crippen molar-refractivity contribution in [1.82, 2.24) is 9.97 Å². The van der Waals surface area contributed by atoms with Crippen LogP contribution in [0.5, 0.6) is 5.75 Å². The lowest BCUT2D eigenvalue weighted by molar-refractivity contribution is -0.274. The second kappa shape index (κ2) is 8.61. The first-order valence-corrected chi connectivity index (χ1v) is 9.71. The molecule has 0 bridgehead atoms. The highest BCUT2D eigenvalue weighted by molar-refractivity contribution is 5.78. The zero-order valence-electron chi connectivity index (χ0n) is 16.2. The smallest absolute Gasteiger partial charge is 0.406 e. The number of hydrogen-bond donors (Lipinski definition) is 1. The minimum atomic E-state index is -4.69. The standard InChI is InChI=1S/C22H21F3N4O/c23-22(24,25)30-19-6-4-18(5-7-19)28-12-16-3-8-21(29-9-1-2-10-29)20(11-16)17-13-26-15-27-14-17/h3-8,11,13-15,28H,1-2,9-10,12H2. The van der Waals surface area contributed by atoms with E-state index >= 15 is 0 Å². The van der Waals surface area contributed by atoms with Gasteiger partial charge in [-0.3, -0.25) is 0 Å². The molecule has 1 fully saturated rings. The molecular weight excluding hydrogens is 393 g/mol. The Balaban J connectivity index is 1.50. The molecule has 1 aromatic heterocycles. The molecule has 156 valence electrons. The Bertz CT molecular complexity index is 972. The Hall–Kier alpha value is -3.29. The van der Waals surface area contributed by atoms with Gasteiger partial charge in [0.25, 0.3) is 0 Å². The summed E-state index contributed by atoms with van der Waals surface area (Å²) < 4.78 is 40.8. The molecule has 2 aromatic carbocycles. The van der Waals surface area contributed by atoms with E-state index in [1.807, 2.05) is 0 Å². The van der Waals surface area contributed by atoms with Crippen LogP contribution in [-0.2, 0) is 6.54 Å². The van der Waals surface area contributed by atoms with Gasteiger partial charge in [0.05, 0.1) is 0 Å². The minimum absolute atomic E-state index is 0.241. The number of alkyl halides is 3. The lowest BCUT2D eigenvalue weighted by Gasteiger charge is -2.22. The Morgan fingerprint density at radius 2 is 1.67 bits per heavy atom. The number of halogens is 3. The Labute approximate surface area is 172 Å².